The first-order valence-corrected chi connectivity index (χ1v) is 11.2. The predicted octanol–water partition coefficient (Wildman–Crippen LogP) is 7.06. The van der Waals surface area contributed by atoms with Crippen LogP contribution in [0.1, 0.15) is 75.2 Å². The summed E-state index contributed by atoms with van der Waals surface area (Å²) in [5.74, 6) is 1.59. The predicted molar refractivity (Wildman–Crippen MR) is 123 cm³/mol. The Morgan fingerprint density at radius 1 is 0.897 bits per heavy atom. The maximum atomic E-state index is 4.83. The molecule has 154 valence electrons. The van der Waals surface area contributed by atoms with E-state index in [0.29, 0.717) is 5.92 Å². The minimum atomic E-state index is -0.00746. The number of imidazole rings is 1. The molecule has 0 saturated heterocycles. The van der Waals surface area contributed by atoms with Crippen molar-refractivity contribution in [3.63, 3.8) is 0 Å². The van der Waals surface area contributed by atoms with E-state index in [1.54, 1.807) is 0 Å². The quantitative estimate of drug-likeness (QED) is 0.321. The molecule has 2 atom stereocenters. The van der Waals surface area contributed by atoms with Gasteiger partial charge in [0.05, 0.1) is 0 Å². The average Bonchev–Trinajstić information content (AvgIpc) is 3.17. The van der Waals surface area contributed by atoms with E-state index in [0.717, 1.165) is 6.42 Å². The fourth-order valence-corrected chi connectivity index (χ4v) is 4.66. The molecule has 1 aromatic heterocycles. The molecule has 1 heterocycles. The van der Waals surface area contributed by atoms with Gasteiger partial charge in [0.25, 0.3) is 0 Å². The summed E-state index contributed by atoms with van der Waals surface area (Å²) in [6.07, 6.45) is 12.8. The molecule has 0 aliphatic heterocycles. The molecular weight excluding hydrogens is 352 g/mol. The molecule has 0 spiro atoms. The van der Waals surface area contributed by atoms with Crippen molar-refractivity contribution in [2.75, 3.05) is 0 Å². The highest BCUT2D eigenvalue weighted by Gasteiger charge is 2.38. The van der Waals surface area contributed by atoms with Gasteiger partial charge in [-0.2, -0.15) is 0 Å². The van der Waals surface area contributed by atoms with E-state index < -0.39 is 0 Å². The number of benzene rings is 2. The molecule has 0 bridgehead atoms. The first-order valence-electron chi connectivity index (χ1n) is 11.2. The van der Waals surface area contributed by atoms with Gasteiger partial charge in [0, 0.05) is 30.8 Å². The van der Waals surface area contributed by atoms with Crippen LogP contribution in [0.2, 0.25) is 0 Å². The standard InChI is InChI=1S/C27H36N2/c1-4-5-6-7-14-19-25(26-28-20-21-29(26)3)27(2,24-17-12-9-13-18-24)22-23-15-10-8-11-16-23/h8-13,15-18,20-21,25H,4-7,14,19,22H2,1-3H3. The molecule has 2 nitrogen and oxygen atoms in total. The van der Waals surface area contributed by atoms with Crippen LogP contribution in [0.4, 0.5) is 0 Å². The Balaban J connectivity index is 1.96. The maximum absolute atomic E-state index is 4.83. The molecule has 0 N–H and O–H groups in total. The zero-order valence-corrected chi connectivity index (χ0v) is 18.3. The molecule has 0 radical (unpaired) electrons. The molecule has 3 aromatic rings. The van der Waals surface area contributed by atoms with Crippen molar-refractivity contribution in [2.45, 2.75) is 70.1 Å². The zero-order valence-electron chi connectivity index (χ0n) is 18.3. The van der Waals surface area contributed by atoms with Crippen LogP contribution >= 0.6 is 0 Å². The highest BCUT2D eigenvalue weighted by molar-refractivity contribution is 5.33. The summed E-state index contributed by atoms with van der Waals surface area (Å²) >= 11 is 0. The highest BCUT2D eigenvalue weighted by atomic mass is 15.0. The monoisotopic (exact) mass is 388 g/mol. The molecule has 0 fully saturated rings. The van der Waals surface area contributed by atoms with Crippen LogP contribution in [-0.4, -0.2) is 9.55 Å². The van der Waals surface area contributed by atoms with Crippen molar-refractivity contribution in [3.05, 3.63) is 90.0 Å². The largest absolute Gasteiger partial charge is 0.338 e. The zero-order chi connectivity index (χ0) is 20.5. The third-order valence-corrected chi connectivity index (χ3v) is 6.38. The molecule has 29 heavy (non-hydrogen) atoms. The summed E-state index contributed by atoms with van der Waals surface area (Å²) < 4.78 is 2.23. The maximum Gasteiger partial charge on any atom is 0.112 e. The van der Waals surface area contributed by atoms with E-state index in [4.69, 9.17) is 4.98 Å². The Labute approximate surface area is 177 Å². The molecule has 0 aliphatic carbocycles. The molecule has 2 unspecified atom stereocenters. The highest BCUT2D eigenvalue weighted by Crippen LogP contribution is 2.44. The van der Waals surface area contributed by atoms with Crippen molar-refractivity contribution < 1.29 is 0 Å². The second-order valence-corrected chi connectivity index (χ2v) is 8.60. The molecule has 2 aromatic carbocycles. The smallest absolute Gasteiger partial charge is 0.112 e. The van der Waals surface area contributed by atoms with Crippen molar-refractivity contribution in [1.29, 1.82) is 0 Å². The van der Waals surface area contributed by atoms with Gasteiger partial charge in [-0.3, -0.25) is 0 Å². The van der Waals surface area contributed by atoms with Crippen molar-refractivity contribution in [1.82, 2.24) is 9.55 Å². The van der Waals surface area contributed by atoms with E-state index in [9.17, 15) is 0 Å². The van der Waals surface area contributed by atoms with Gasteiger partial charge in [0.15, 0.2) is 0 Å². The molecule has 0 amide bonds. The number of hydrogen-bond donors (Lipinski definition) is 0. The number of hydrogen-bond acceptors (Lipinski definition) is 1. The third kappa shape index (κ3) is 5.38. The van der Waals surface area contributed by atoms with Gasteiger partial charge >= 0.3 is 0 Å². The summed E-state index contributed by atoms with van der Waals surface area (Å²) in [5.41, 5.74) is 2.79. The van der Waals surface area contributed by atoms with Crippen LogP contribution in [0.15, 0.2) is 73.1 Å². The number of aromatic nitrogens is 2. The fraction of sp³-hybridized carbons (Fsp3) is 0.444. The van der Waals surface area contributed by atoms with Crippen molar-refractivity contribution in [2.24, 2.45) is 7.05 Å². The second kappa shape index (κ2) is 10.4. The number of unbranched alkanes of at least 4 members (excludes halogenated alkanes) is 4. The van der Waals surface area contributed by atoms with Gasteiger partial charge in [0.2, 0.25) is 0 Å². The number of aryl methyl sites for hydroxylation is 1. The molecular formula is C27H36N2. The Morgan fingerprint density at radius 3 is 2.17 bits per heavy atom. The van der Waals surface area contributed by atoms with Crippen LogP contribution < -0.4 is 0 Å². The first kappa shape index (κ1) is 21.4. The molecule has 0 aliphatic rings. The number of rotatable bonds is 11. The summed E-state index contributed by atoms with van der Waals surface area (Å²) in [7, 11) is 2.14. The van der Waals surface area contributed by atoms with Gasteiger partial charge in [-0.15, -0.1) is 0 Å². The minimum absolute atomic E-state index is 0.00746. The van der Waals surface area contributed by atoms with Crippen LogP contribution in [0.5, 0.6) is 0 Å². The molecule has 3 rings (SSSR count). The lowest BCUT2D eigenvalue weighted by atomic mass is 9.66. The third-order valence-electron chi connectivity index (χ3n) is 6.38. The van der Waals surface area contributed by atoms with Crippen LogP contribution in [0.3, 0.4) is 0 Å². The number of nitrogens with zero attached hydrogens (tertiary/aromatic N) is 2. The van der Waals surface area contributed by atoms with Gasteiger partial charge in [-0.25, -0.2) is 4.98 Å². The van der Waals surface area contributed by atoms with Gasteiger partial charge in [0.1, 0.15) is 5.82 Å². The Hall–Kier alpha value is -2.35. The van der Waals surface area contributed by atoms with Gasteiger partial charge in [-0.05, 0) is 24.0 Å². The van der Waals surface area contributed by atoms with Gasteiger partial charge in [-0.1, -0.05) is 107 Å². The van der Waals surface area contributed by atoms with E-state index in [2.05, 4.69) is 92.3 Å². The van der Waals surface area contributed by atoms with E-state index in [1.807, 2.05) is 6.20 Å². The summed E-state index contributed by atoms with van der Waals surface area (Å²) in [5, 5.41) is 0. The van der Waals surface area contributed by atoms with Crippen molar-refractivity contribution in [3.8, 4) is 0 Å². The average molecular weight is 389 g/mol. The first-order chi connectivity index (χ1) is 14.1. The summed E-state index contributed by atoms with van der Waals surface area (Å²) in [6, 6.07) is 22.0. The normalized spacial score (nSPS) is 14.4. The SMILES string of the molecule is CCCCCCCC(c1nccn1C)C(C)(Cc1ccccc1)c1ccccc1. The van der Waals surface area contributed by atoms with E-state index >= 15 is 0 Å². The summed E-state index contributed by atoms with van der Waals surface area (Å²) in [6.45, 7) is 4.73. The van der Waals surface area contributed by atoms with Crippen LogP contribution in [-0.2, 0) is 18.9 Å². The van der Waals surface area contributed by atoms with E-state index in [1.165, 1.54) is 55.5 Å². The Kier molecular flexibility index (Phi) is 7.69. The lowest BCUT2D eigenvalue weighted by Crippen LogP contribution is -2.34. The Bertz CT molecular complexity index is 837. The fourth-order valence-electron chi connectivity index (χ4n) is 4.66. The molecule has 0 saturated carbocycles. The minimum Gasteiger partial charge on any atom is -0.338 e. The lowest BCUT2D eigenvalue weighted by Gasteiger charge is -2.39. The van der Waals surface area contributed by atoms with Crippen LogP contribution in [0.25, 0.3) is 0 Å². The summed E-state index contributed by atoms with van der Waals surface area (Å²) in [4.78, 5) is 4.83. The molecule has 2 heteroatoms. The van der Waals surface area contributed by atoms with Crippen LogP contribution in [0, 0.1) is 0 Å². The van der Waals surface area contributed by atoms with E-state index in [-0.39, 0.29) is 5.41 Å². The second-order valence-electron chi connectivity index (χ2n) is 8.60. The van der Waals surface area contributed by atoms with Gasteiger partial charge < -0.3 is 4.57 Å². The topological polar surface area (TPSA) is 17.8 Å². The Morgan fingerprint density at radius 2 is 1.55 bits per heavy atom. The van der Waals surface area contributed by atoms with Crippen molar-refractivity contribution >= 4 is 0 Å². The lowest BCUT2D eigenvalue weighted by molar-refractivity contribution is 0.326.